The van der Waals surface area contributed by atoms with Gasteiger partial charge in [0.25, 0.3) is 0 Å². The standard InChI is InChI=1S/C28H59S/c1-4-7-10-13-16-18-21-24-27-29(26-23-20-15-12-9-6-3)28-25-22-19-17-14-11-8-5-2/h4-28H2,1-3H3/q+1. The second-order valence-corrected chi connectivity index (χ2v) is 11.9. The summed E-state index contributed by atoms with van der Waals surface area (Å²) in [5.74, 6) is 4.67. The van der Waals surface area contributed by atoms with Crippen molar-refractivity contribution in [1.82, 2.24) is 0 Å². The monoisotopic (exact) mass is 427 g/mol. The zero-order valence-corrected chi connectivity index (χ0v) is 21.9. The first-order chi connectivity index (χ1) is 14.3. The molecule has 1 heteroatoms. The number of unbranched alkanes of at least 4 members (excludes halogenated alkanes) is 19. The topological polar surface area (TPSA) is 0 Å². The molecule has 0 bridgehead atoms. The van der Waals surface area contributed by atoms with Gasteiger partial charge in [-0.15, -0.1) is 0 Å². The molecule has 0 aliphatic carbocycles. The van der Waals surface area contributed by atoms with Crippen LogP contribution in [0.5, 0.6) is 0 Å². The summed E-state index contributed by atoms with van der Waals surface area (Å²) >= 11 is 0. The predicted octanol–water partition coefficient (Wildman–Crippen LogP) is 10.2. The van der Waals surface area contributed by atoms with Gasteiger partial charge in [-0.05, 0) is 49.4 Å². The molecule has 0 rings (SSSR count). The van der Waals surface area contributed by atoms with E-state index in [0.29, 0.717) is 0 Å². The van der Waals surface area contributed by atoms with Gasteiger partial charge in [0.05, 0.1) is 0 Å². The molecule has 0 nitrogen and oxygen atoms in total. The van der Waals surface area contributed by atoms with E-state index < -0.39 is 0 Å². The van der Waals surface area contributed by atoms with Crippen molar-refractivity contribution in [2.24, 2.45) is 0 Å². The summed E-state index contributed by atoms with van der Waals surface area (Å²) in [6.07, 6.45) is 32.3. The van der Waals surface area contributed by atoms with Gasteiger partial charge in [-0.2, -0.15) is 0 Å². The molecule has 0 aliphatic rings. The Balaban J connectivity index is 3.79. The van der Waals surface area contributed by atoms with Crippen molar-refractivity contribution < 1.29 is 0 Å². The fourth-order valence-electron chi connectivity index (χ4n) is 4.27. The highest BCUT2D eigenvalue weighted by atomic mass is 32.2. The van der Waals surface area contributed by atoms with Crippen LogP contribution in [0.1, 0.15) is 162 Å². The molecule has 0 aliphatic heterocycles. The molecule has 0 radical (unpaired) electrons. The minimum atomic E-state index is 0.748. The van der Waals surface area contributed by atoms with Gasteiger partial charge in [0, 0.05) is 0 Å². The first-order valence-electron chi connectivity index (χ1n) is 14.0. The van der Waals surface area contributed by atoms with Crippen LogP contribution >= 0.6 is 0 Å². The van der Waals surface area contributed by atoms with Gasteiger partial charge in [0.1, 0.15) is 17.3 Å². The van der Waals surface area contributed by atoms with Gasteiger partial charge in [-0.1, -0.05) is 124 Å². The Morgan fingerprint density at radius 3 is 0.724 bits per heavy atom. The molecule has 176 valence electrons. The van der Waals surface area contributed by atoms with Crippen LogP contribution in [0.25, 0.3) is 0 Å². The average molecular weight is 428 g/mol. The number of rotatable bonds is 25. The molecular weight excluding hydrogens is 368 g/mol. The molecule has 0 aromatic heterocycles. The molecule has 0 heterocycles. The van der Waals surface area contributed by atoms with Crippen LogP contribution in [0.4, 0.5) is 0 Å². The number of hydrogen-bond acceptors (Lipinski definition) is 0. The average Bonchev–Trinajstić information content (AvgIpc) is 2.73. The highest BCUT2D eigenvalue weighted by Crippen LogP contribution is 2.15. The summed E-state index contributed by atoms with van der Waals surface area (Å²) < 4.78 is 0. The van der Waals surface area contributed by atoms with Crippen molar-refractivity contribution >= 4 is 10.9 Å². The molecule has 0 N–H and O–H groups in total. The summed E-state index contributed by atoms with van der Waals surface area (Å²) in [6.45, 7) is 6.96. The lowest BCUT2D eigenvalue weighted by atomic mass is 10.1. The summed E-state index contributed by atoms with van der Waals surface area (Å²) in [6, 6.07) is 0. The first kappa shape index (κ1) is 29.4. The Bertz CT molecular complexity index is 255. The summed E-state index contributed by atoms with van der Waals surface area (Å²) in [5, 5.41) is 0. The maximum absolute atomic E-state index is 2.32. The Hall–Kier alpha value is 0.350. The molecule has 0 aromatic rings. The van der Waals surface area contributed by atoms with Crippen molar-refractivity contribution in [2.75, 3.05) is 17.3 Å². The fourth-order valence-corrected chi connectivity index (χ4v) is 6.72. The molecule has 0 atom stereocenters. The highest BCUT2D eigenvalue weighted by molar-refractivity contribution is 7.96. The lowest BCUT2D eigenvalue weighted by Crippen LogP contribution is -2.17. The zero-order chi connectivity index (χ0) is 21.3. The van der Waals surface area contributed by atoms with Crippen molar-refractivity contribution in [3.05, 3.63) is 0 Å². The summed E-state index contributed by atoms with van der Waals surface area (Å²) in [5.41, 5.74) is 0. The largest absolute Gasteiger partial charge is 0.108 e. The first-order valence-corrected chi connectivity index (χ1v) is 15.7. The van der Waals surface area contributed by atoms with Crippen molar-refractivity contribution in [2.45, 2.75) is 162 Å². The molecule has 0 saturated carbocycles. The van der Waals surface area contributed by atoms with Gasteiger partial charge in [0.2, 0.25) is 0 Å². The summed E-state index contributed by atoms with van der Waals surface area (Å²) in [4.78, 5) is 0. The van der Waals surface area contributed by atoms with E-state index in [-0.39, 0.29) is 0 Å². The van der Waals surface area contributed by atoms with Gasteiger partial charge in [-0.3, -0.25) is 0 Å². The molecule has 0 spiro atoms. The second-order valence-electron chi connectivity index (χ2n) is 9.44. The Labute approximate surface area is 190 Å². The van der Waals surface area contributed by atoms with Crippen LogP contribution in [0.15, 0.2) is 0 Å². The van der Waals surface area contributed by atoms with Crippen LogP contribution in [0.3, 0.4) is 0 Å². The number of hydrogen-bond donors (Lipinski definition) is 0. The third kappa shape index (κ3) is 24.5. The second kappa shape index (κ2) is 26.4. The van der Waals surface area contributed by atoms with Crippen molar-refractivity contribution in [3.63, 3.8) is 0 Å². The molecule has 0 unspecified atom stereocenters. The van der Waals surface area contributed by atoms with E-state index in [1.54, 1.807) is 17.3 Å². The van der Waals surface area contributed by atoms with Crippen LogP contribution < -0.4 is 0 Å². The van der Waals surface area contributed by atoms with Gasteiger partial charge >= 0.3 is 0 Å². The molecule has 29 heavy (non-hydrogen) atoms. The molecule has 0 fully saturated rings. The maximum atomic E-state index is 2.32. The molecular formula is C28H59S+. The molecule has 0 saturated heterocycles. The summed E-state index contributed by atoms with van der Waals surface area (Å²) in [7, 11) is 0.748. The minimum Gasteiger partial charge on any atom is -0.0654 e. The van der Waals surface area contributed by atoms with Crippen LogP contribution in [0, 0.1) is 0 Å². The van der Waals surface area contributed by atoms with Crippen LogP contribution in [0.2, 0.25) is 0 Å². The SMILES string of the molecule is CCCCCCCCCC[S+](CCCCCCCC)CCCCCCCCCC. The van der Waals surface area contributed by atoms with Gasteiger partial charge in [0.15, 0.2) is 0 Å². The quantitative estimate of drug-likeness (QED) is 0.100. The van der Waals surface area contributed by atoms with Gasteiger partial charge in [-0.25, -0.2) is 0 Å². The van der Waals surface area contributed by atoms with E-state index in [1.165, 1.54) is 141 Å². The normalized spacial score (nSPS) is 11.6. The lowest BCUT2D eigenvalue weighted by molar-refractivity contribution is 0.583. The zero-order valence-electron chi connectivity index (χ0n) is 21.1. The Kier molecular flexibility index (Phi) is 26.7. The maximum Gasteiger partial charge on any atom is 0.108 e. The van der Waals surface area contributed by atoms with Crippen molar-refractivity contribution in [3.8, 4) is 0 Å². The molecule has 0 amide bonds. The van der Waals surface area contributed by atoms with Crippen LogP contribution in [-0.4, -0.2) is 17.3 Å². The third-order valence-electron chi connectivity index (χ3n) is 6.36. The van der Waals surface area contributed by atoms with E-state index >= 15 is 0 Å². The Morgan fingerprint density at radius 1 is 0.276 bits per heavy atom. The molecule has 0 aromatic carbocycles. The minimum absolute atomic E-state index is 0.748. The van der Waals surface area contributed by atoms with Crippen molar-refractivity contribution in [1.29, 1.82) is 0 Å². The van der Waals surface area contributed by atoms with E-state index in [0.717, 1.165) is 10.9 Å². The fraction of sp³-hybridized carbons (Fsp3) is 1.00. The smallest absolute Gasteiger partial charge is 0.0654 e. The highest BCUT2D eigenvalue weighted by Gasteiger charge is 2.16. The van der Waals surface area contributed by atoms with Gasteiger partial charge < -0.3 is 0 Å². The lowest BCUT2D eigenvalue weighted by Gasteiger charge is -2.10. The van der Waals surface area contributed by atoms with E-state index in [9.17, 15) is 0 Å². The van der Waals surface area contributed by atoms with Crippen LogP contribution in [-0.2, 0) is 10.9 Å². The third-order valence-corrected chi connectivity index (χ3v) is 8.96. The Morgan fingerprint density at radius 2 is 0.483 bits per heavy atom. The van der Waals surface area contributed by atoms with E-state index in [2.05, 4.69) is 20.8 Å². The van der Waals surface area contributed by atoms with E-state index in [4.69, 9.17) is 0 Å². The predicted molar refractivity (Wildman–Crippen MR) is 141 cm³/mol. The van der Waals surface area contributed by atoms with E-state index in [1.807, 2.05) is 0 Å².